The van der Waals surface area contributed by atoms with E-state index in [0.717, 1.165) is 5.56 Å². The van der Waals surface area contributed by atoms with Crippen LogP contribution in [0.15, 0.2) is 66.7 Å². The Morgan fingerprint density at radius 2 is 1.71 bits per heavy atom. The van der Waals surface area contributed by atoms with E-state index in [2.05, 4.69) is 6.07 Å². The van der Waals surface area contributed by atoms with E-state index in [9.17, 15) is 15.3 Å². The van der Waals surface area contributed by atoms with Crippen LogP contribution in [0, 0.1) is 39.4 Å². The van der Waals surface area contributed by atoms with Gasteiger partial charge in [-0.25, -0.2) is 4.79 Å². The molecule has 1 N–H and O–H groups in total. The van der Waals surface area contributed by atoms with Crippen molar-refractivity contribution >= 4 is 17.3 Å². The van der Waals surface area contributed by atoms with Gasteiger partial charge in [-0.05, 0) is 23.6 Å². The number of nitriles is 2. The van der Waals surface area contributed by atoms with Crippen molar-refractivity contribution in [1.29, 1.82) is 15.9 Å². The second-order valence-electron chi connectivity index (χ2n) is 6.49. The fourth-order valence-electron chi connectivity index (χ4n) is 3.64. The topological polar surface area (TPSA) is 97.7 Å². The number of benzene rings is 2. The number of carbonyl (C=O) groups is 1. The Morgan fingerprint density at radius 1 is 1.11 bits per heavy atom. The largest absolute Gasteiger partial charge is 0.464 e. The van der Waals surface area contributed by atoms with Gasteiger partial charge in [0.2, 0.25) is 5.41 Å². The molecule has 0 aliphatic heterocycles. The van der Waals surface area contributed by atoms with Gasteiger partial charge in [0.15, 0.2) is 0 Å². The highest BCUT2D eigenvalue weighted by Crippen LogP contribution is 2.48. The number of ether oxygens (including phenoxy) is 1. The molecule has 138 valence electrons. The monoisotopic (exact) mass is 369 g/mol. The number of carbonyl (C=O) groups excluding carboxylic acids is 1. The normalized spacial score (nSPS) is 23.8. The average Bonchev–Trinajstić information content (AvgIpc) is 2.74. The first-order valence-corrected chi connectivity index (χ1v) is 8.99. The fourth-order valence-corrected chi connectivity index (χ4v) is 3.64. The standard InChI is InChI=1S/C23H19N3O2/c1-2-28-22(27)23(15-25)20(17-11-7-4-8-12-17)13-18(19(14-24)21(23)26)16-9-5-3-6-10-16/h3-13,19-20,26H,2H2,1H3/t19-,20-,23-/m1/s1. The molecule has 2 aromatic carbocycles. The number of nitrogens with zero attached hydrogens (tertiary/aromatic N) is 2. The van der Waals surface area contributed by atoms with Crippen LogP contribution in [-0.2, 0) is 9.53 Å². The van der Waals surface area contributed by atoms with Crippen LogP contribution in [0.4, 0.5) is 0 Å². The van der Waals surface area contributed by atoms with Crippen LogP contribution >= 0.6 is 0 Å². The third-order valence-electron chi connectivity index (χ3n) is 5.01. The van der Waals surface area contributed by atoms with Crippen molar-refractivity contribution in [3.63, 3.8) is 0 Å². The second kappa shape index (κ2) is 7.90. The lowest BCUT2D eigenvalue weighted by Gasteiger charge is -2.38. The van der Waals surface area contributed by atoms with Crippen LogP contribution in [0.25, 0.3) is 5.57 Å². The number of esters is 1. The van der Waals surface area contributed by atoms with Crippen molar-refractivity contribution in [1.82, 2.24) is 0 Å². The molecule has 0 fully saturated rings. The summed E-state index contributed by atoms with van der Waals surface area (Å²) in [5.41, 5.74) is 0.000781. The molecule has 0 bridgehead atoms. The molecule has 0 spiro atoms. The number of allylic oxidation sites excluding steroid dienone is 2. The second-order valence-corrected chi connectivity index (χ2v) is 6.49. The summed E-state index contributed by atoms with van der Waals surface area (Å²) in [6, 6.07) is 22.5. The maximum absolute atomic E-state index is 12.9. The molecule has 28 heavy (non-hydrogen) atoms. The Labute approximate surface area is 164 Å². The Hall–Kier alpha value is -3.70. The van der Waals surface area contributed by atoms with Crippen LogP contribution in [0.2, 0.25) is 0 Å². The first kappa shape index (κ1) is 19.1. The molecular weight excluding hydrogens is 350 g/mol. The van der Waals surface area contributed by atoms with Crippen LogP contribution < -0.4 is 0 Å². The maximum Gasteiger partial charge on any atom is 0.333 e. The highest BCUT2D eigenvalue weighted by molar-refractivity contribution is 6.16. The van der Waals surface area contributed by atoms with Crippen molar-refractivity contribution in [2.45, 2.75) is 12.8 Å². The molecule has 1 aliphatic carbocycles. The Kier molecular flexibility index (Phi) is 5.38. The molecule has 2 aromatic rings. The molecule has 0 unspecified atom stereocenters. The summed E-state index contributed by atoms with van der Waals surface area (Å²) in [6.07, 6.45) is 1.77. The quantitative estimate of drug-likeness (QED) is 0.820. The third kappa shape index (κ3) is 2.98. The first-order chi connectivity index (χ1) is 13.6. The zero-order valence-corrected chi connectivity index (χ0v) is 15.4. The minimum Gasteiger partial charge on any atom is -0.464 e. The summed E-state index contributed by atoms with van der Waals surface area (Å²) in [7, 11) is 0. The van der Waals surface area contributed by atoms with E-state index < -0.39 is 23.2 Å². The van der Waals surface area contributed by atoms with E-state index in [1.54, 1.807) is 13.0 Å². The summed E-state index contributed by atoms with van der Waals surface area (Å²) in [4.78, 5) is 12.9. The van der Waals surface area contributed by atoms with E-state index in [1.807, 2.05) is 66.7 Å². The highest BCUT2D eigenvalue weighted by Gasteiger charge is 2.56. The van der Waals surface area contributed by atoms with Crippen molar-refractivity contribution in [3.05, 3.63) is 77.9 Å². The van der Waals surface area contributed by atoms with Crippen LogP contribution in [0.1, 0.15) is 24.0 Å². The van der Waals surface area contributed by atoms with E-state index in [4.69, 9.17) is 10.1 Å². The van der Waals surface area contributed by atoms with Gasteiger partial charge in [0, 0.05) is 5.92 Å². The van der Waals surface area contributed by atoms with Crippen molar-refractivity contribution in [2.24, 2.45) is 11.3 Å². The van der Waals surface area contributed by atoms with Gasteiger partial charge in [-0.15, -0.1) is 0 Å². The van der Waals surface area contributed by atoms with Gasteiger partial charge < -0.3 is 10.1 Å². The number of hydrogen-bond donors (Lipinski definition) is 1. The molecule has 0 saturated heterocycles. The zero-order chi connectivity index (χ0) is 20.1. The van der Waals surface area contributed by atoms with E-state index in [0.29, 0.717) is 11.1 Å². The Balaban J connectivity index is 2.30. The minimum atomic E-state index is -1.88. The maximum atomic E-state index is 12.9. The number of hydrogen-bond acceptors (Lipinski definition) is 5. The fraction of sp³-hybridized carbons (Fsp3) is 0.217. The summed E-state index contributed by atoms with van der Waals surface area (Å²) >= 11 is 0. The van der Waals surface area contributed by atoms with E-state index >= 15 is 0 Å². The highest BCUT2D eigenvalue weighted by atomic mass is 16.5. The molecule has 0 amide bonds. The molecule has 0 saturated carbocycles. The van der Waals surface area contributed by atoms with Crippen molar-refractivity contribution < 1.29 is 9.53 Å². The van der Waals surface area contributed by atoms with E-state index in [-0.39, 0.29) is 12.3 Å². The molecular formula is C23H19N3O2. The molecule has 5 nitrogen and oxygen atoms in total. The van der Waals surface area contributed by atoms with Crippen LogP contribution in [0.5, 0.6) is 0 Å². The SMILES string of the molecule is CCOC(=O)[C@@]1(C#N)C(=N)[C@H](C#N)C(c2ccccc2)=C[C@@H]1c1ccccc1. The lowest BCUT2D eigenvalue weighted by molar-refractivity contribution is -0.149. The predicted molar refractivity (Wildman–Crippen MR) is 105 cm³/mol. The lowest BCUT2D eigenvalue weighted by Crippen LogP contribution is -2.49. The molecule has 0 aromatic heterocycles. The Bertz CT molecular complexity index is 1000. The van der Waals surface area contributed by atoms with Crippen LogP contribution in [0.3, 0.4) is 0 Å². The summed E-state index contributed by atoms with van der Waals surface area (Å²) < 4.78 is 5.19. The van der Waals surface area contributed by atoms with Gasteiger partial charge in [-0.1, -0.05) is 66.7 Å². The molecule has 3 atom stereocenters. The van der Waals surface area contributed by atoms with Gasteiger partial charge in [0.1, 0.15) is 5.92 Å². The number of nitrogens with one attached hydrogen (secondary N) is 1. The van der Waals surface area contributed by atoms with Gasteiger partial charge in [0.25, 0.3) is 0 Å². The zero-order valence-electron chi connectivity index (χ0n) is 15.4. The predicted octanol–water partition coefficient (Wildman–Crippen LogP) is 4.10. The average molecular weight is 369 g/mol. The first-order valence-electron chi connectivity index (χ1n) is 8.99. The molecule has 1 aliphatic rings. The van der Waals surface area contributed by atoms with Crippen molar-refractivity contribution in [3.8, 4) is 12.1 Å². The smallest absolute Gasteiger partial charge is 0.333 e. The molecule has 0 radical (unpaired) electrons. The number of rotatable bonds is 4. The lowest BCUT2D eigenvalue weighted by atomic mass is 9.60. The summed E-state index contributed by atoms with van der Waals surface area (Å²) in [5, 5.41) is 28.6. The summed E-state index contributed by atoms with van der Waals surface area (Å²) in [6.45, 7) is 1.74. The molecule has 3 rings (SSSR count). The van der Waals surface area contributed by atoms with E-state index in [1.165, 1.54) is 0 Å². The van der Waals surface area contributed by atoms with Crippen LogP contribution in [-0.4, -0.2) is 18.3 Å². The van der Waals surface area contributed by atoms with Gasteiger partial charge in [-0.2, -0.15) is 10.5 Å². The molecule has 5 heteroatoms. The minimum absolute atomic E-state index is 0.0868. The van der Waals surface area contributed by atoms with Gasteiger partial charge in [-0.3, -0.25) is 0 Å². The molecule has 0 heterocycles. The van der Waals surface area contributed by atoms with Gasteiger partial charge in [0.05, 0.1) is 24.5 Å². The Morgan fingerprint density at radius 3 is 2.25 bits per heavy atom. The van der Waals surface area contributed by atoms with Crippen molar-refractivity contribution in [2.75, 3.05) is 6.61 Å². The summed E-state index contributed by atoms with van der Waals surface area (Å²) in [5.74, 6) is -2.53. The third-order valence-corrected chi connectivity index (χ3v) is 5.01. The van der Waals surface area contributed by atoms with Gasteiger partial charge >= 0.3 is 5.97 Å².